The molecule has 0 radical (unpaired) electrons. The van der Waals surface area contributed by atoms with Crippen LogP contribution in [0.15, 0.2) is 42.6 Å². The molecule has 20 heavy (non-hydrogen) atoms. The van der Waals surface area contributed by atoms with E-state index in [0.717, 1.165) is 17.7 Å². The second-order valence-corrected chi connectivity index (χ2v) is 4.22. The van der Waals surface area contributed by atoms with Crippen molar-refractivity contribution in [2.75, 3.05) is 5.32 Å². The fourth-order valence-electron chi connectivity index (χ4n) is 1.72. The SMILES string of the molecule is Cc1ccnc(NC(=O)c2ccccc2C(F)(F)F)c1. The Kier molecular flexibility index (Phi) is 3.74. The Balaban J connectivity index is 2.31. The van der Waals surface area contributed by atoms with Crippen LogP contribution in [0.25, 0.3) is 0 Å². The van der Waals surface area contributed by atoms with Crippen LogP contribution in [0.4, 0.5) is 19.0 Å². The summed E-state index contributed by atoms with van der Waals surface area (Å²) in [7, 11) is 0. The second-order valence-electron chi connectivity index (χ2n) is 4.22. The molecule has 6 heteroatoms. The molecule has 0 aliphatic heterocycles. The van der Waals surface area contributed by atoms with Gasteiger partial charge in [-0.3, -0.25) is 4.79 Å². The van der Waals surface area contributed by atoms with Crippen molar-refractivity contribution in [3.8, 4) is 0 Å². The molecule has 0 aliphatic carbocycles. The Hall–Kier alpha value is -2.37. The molecule has 0 saturated heterocycles. The number of halogens is 3. The molecule has 1 aromatic heterocycles. The number of anilines is 1. The van der Waals surface area contributed by atoms with Gasteiger partial charge in [-0.2, -0.15) is 13.2 Å². The molecule has 3 nitrogen and oxygen atoms in total. The van der Waals surface area contributed by atoms with Crippen molar-refractivity contribution < 1.29 is 18.0 Å². The molecule has 1 heterocycles. The van der Waals surface area contributed by atoms with Gasteiger partial charge in [0.1, 0.15) is 5.82 Å². The topological polar surface area (TPSA) is 42.0 Å². The van der Waals surface area contributed by atoms with E-state index in [4.69, 9.17) is 0 Å². The molecule has 0 fully saturated rings. The fourth-order valence-corrected chi connectivity index (χ4v) is 1.72. The van der Waals surface area contributed by atoms with Gasteiger partial charge >= 0.3 is 6.18 Å². The summed E-state index contributed by atoms with van der Waals surface area (Å²) in [6, 6.07) is 7.93. The van der Waals surface area contributed by atoms with Crippen LogP contribution in [0.2, 0.25) is 0 Å². The standard InChI is InChI=1S/C14H11F3N2O/c1-9-6-7-18-12(8-9)19-13(20)10-4-2-3-5-11(10)14(15,16)17/h2-8H,1H3,(H,18,19,20). The van der Waals surface area contributed by atoms with E-state index >= 15 is 0 Å². The Morgan fingerprint density at radius 1 is 1.20 bits per heavy atom. The minimum Gasteiger partial charge on any atom is -0.307 e. The van der Waals surface area contributed by atoms with Gasteiger partial charge in [0, 0.05) is 6.20 Å². The zero-order valence-corrected chi connectivity index (χ0v) is 10.5. The van der Waals surface area contributed by atoms with Crippen molar-refractivity contribution in [1.82, 2.24) is 4.98 Å². The lowest BCUT2D eigenvalue weighted by molar-refractivity contribution is -0.137. The van der Waals surface area contributed by atoms with Crippen LogP contribution < -0.4 is 5.32 Å². The fraction of sp³-hybridized carbons (Fsp3) is 0.143. The monoisotopic (exact) mass is 280 g/mol. The van der Waals surface area contributed by atoms with E-state index in [9.17, 15) is 18.0 Å². The van der Waals surface area contributed by atoms with Gasteiger partial charge in [0.15, 0.2) is 0 Å². The van der Waals surface area contributed by atoms with E-state index in [1.165, 1.54) is 18.3 Å². The summed E-state index contributed by atoms with van der Waals surface area (Å²) in [5.74, 6) is -0.622. The lowest BCUT2D eigenvalue weighted by atomic mass is 10.1. The highest BCUT2D eigenvalue weighted by molar-refractivity contribution is 6.05. The molecule has 0 atom stereocenters. The lowest BCUT2D eigenvalue weighted by Gasteiger charge is -2.12. The molecule has 104 valence electrons. The first-order chi connectivity index (χ1) is 9.38. The normalized spacial score (nSPS) is 11.2. The molecule has 1 aromatic carbocycles. The highest BCUT2D eigenvalue weighted by Gasteiger charge is 2.34. The molecule has 0 saturated carbocycles. The molecule has 0 unspecified atom stereocenters. The summed E-state index contributed by atoms with van der Waals surface area (Å²) in [6.45, 7) is 1.79. The minimum absolute atomic E-state index is 0.215. The third-order valence-electron chi connectivity index (χ3n) is 2.63. The molecule has 0 bridgehead atoms. The number of aromatic nitrogens is 1. The number of aryl methyl sites for hydroxylation is 1. The van der Waals surface area contributed by atoms with Crippen molar-refractivity contribution >= 4 is 11.7 Å². The summed E-state index contributed by atoms with van der Waals surface area (Å²) >= 11 is 0. The highest BCUT2D eigenvalue weighted by atomic mass is 19.4. The maximum Gasteiger partial charge on any atom is 0.417 e. The van der Waals surface area contributed by atoms with Crippen molar-refractivity contribution in [1.29, 1.82) is 0 Å². The molecular weight excluding hydrogens is 269 g/mol. The predicted molar refractivity (Wildman–Crippen MR) is 68.4 cm³/mol. The first kappa shape index (κ1) is 14.0. The number of amides is 1. The smallest absolute Gasteiger partial charge is 0.307 e. The van der Waals surface area contributed by atoms with Crippen LogP contribution >= 0.6 is 0 Å². The van der Waals surface area contributed by atoms with Crippen molar-refractivity contribution in [2.45, 2.75) is 13.1 Å². The third-order valence-corrected chi connectivity index (χ3v) is 2.63. The lowest BCUT2D eigenvalue weighted by Crippen LogP contribution is -2.19. The Labute approximate surface area is 113 Å². The number of nitrogens with one attached hydrogen (secondary N) is 1. The summed E-state index contributed by atoms with van der Waals surface area (Å²) in [5.41, 5.74) is -0.548. The molecule has 1 N–H and O–H groups in total. The first-order valence-electron chi connectivity index (χ1n) is 5.78. The van der Waals surface area contributed by atoms with Crippen LogP contribution in [-0.2, 0) is 6.18 Å². The van der Waals surface area contributed by atoms with Gasteiger partial charge in [0.25, 0.3) is 5.91 Å². The Bertz CT molecular complexity index is 638. The number of benzene rings is 1. The van der Waals surface area contributed by atoms with Crippen LogP contribution in [-0.4, -0.2) is 10.9 Å². The molecule has 1 amide bonds. The van der Waals surface area contributed by atoms with Gasteiger partial charge in [-0.1, -0.05) is 12.1 Å². The van der Waals surface area contributed by atoms with E-state index < -0.39 is 23.2 Å². The largest absolute Gasteiger partial charge is 0.417 e. The van der Waals surface area contributed by atoms with Gasteiger partial charge in [-0.05, 0) is 36.8 Å². The van der Waals surface area contributed by atoms with E-state index in [2.05, 4.69) is 10.3 Å². The van der Waals surface area contributed by atoms with Crippen LogP contribution in [0.5, 0.6) is 0 Å². The number of alkyl halides is 3. The van der Waals surface area contributed by atoms with Gasteiger partial charge in [-0.15, -0.1) is 0 Å². The molecule has 0 aliphatic rings. The second kappa shape index (κ2) is 5.32. The zero-order chi connectivity index (χ0) is 14.8. The van der Waals surface area contributed by atoms with Crippen molar-refractivity contribution in [2.24, 2.45) is 0 Å². The summed E-state index contributed by atoms with van der Waals surface area (Å²) < 4.78 is 38.4. The molecular formula is C14H11F3N2O. The van der Waals surface area contributed by atoms with Gasteiger partial charge in [0.05, 0.1) is 11.1 Å². The van der Waals surface area contributed by atoms with Crippen LogP contribution in [0.3, 0.4) is 0 Å². The Morgan fingerprint density at radius 3 is 2.55 bits per heavy atom. The van der Waals surface area contributed by atoms with Crippen LogP contribution in [0, 0.1) is 6.92 Å². The molecule has 2 rings (SSSR count). The maximum absolute atomic E-state index is 12.8. The summed E-state index contributed by atoms with van der Waals surface area (Å²) in [5, 5.41) is 2.36. The average Bonchev–Trinajstić information content (AvgIpc) is 2.37. The van der Waals surface area contributed by atoms with E-state index in [0.29, 0.717) is 0 Å². The van der Waals surface area contributed by atoms with Crippen molar-refractivity contribution in [3.63, 3.8) is 0 Å². The zero-order valence-electron chi connectivity index (χ0n) is 10.5. The number of hydrogen-bond donors (Lipinski definition) is 1. The number of rotatable bonds is 2. The van der Waals surface area contributed by atoms with Gasteiger partial charge < -0.3 is 5.32 Å². The predicted octanol–water partition coefficient (Wildman–Crippen LogP) is 3.66. The number of carbonyl (C=O) groups excluding carboxylic acids is 1. The highest BCUT2D eigenvalue weighted by Crippen LogP contribution is 2.32. The third kappa shape index (κ3) is 3.14. The number of carbonyl (C=O) groups is 1. The number of hydrogen-bond acceptors (Lipinski definition) is 2. The Morgan fingerprint density at radius 2 is 1.90 bits per heavy atom. The van der Waals surface area contributed by atoms with Crippen molar-refractivity contribution in [3.05, 3.63) is 59.3 Å². The minimum atomic E-state index is -4.58. The summed E-state index contributed by atoms with van der Waals surface area (Å²) in [4.78, 5) is 15.8. The number of nitrogens with zero attached hydrogens (tertiary/aromatic N) is 1. The molecule has 2 aromatic rings. The summed E-state index contributed by atoms with van der Waals surface area (Å²) in [6.07, 6.45) is -3.10. The maximum atomic E-state index is 12.8. The van der Waals surface area contributed by atoms with Crippen LogP contribution in [0.1, 0.15) is 21.5 Å². The quantitative estimate of drug-likeness (QED) is 0.912. The van der Waals surface area contributed by atoms with Gasteiger partial charge in [-0.25, -0.2) is 4.98 Å². The molecule has 0 spiro atoms. The average molecular weight is 280 g/mol. The van der Waals surface area contributed by atoms with E-state index in [1.54, 1.807) is 19.1 Å². The van der Waals surface area contributed by atoms with E-state index in [-0.39, 0.29) is 5.82 Å². The van der Waals surface area contributed by atoms with E-state index in [1.807, 2.05) is 0 Å². The number of pyridine rings is 1. The first-order valence-corrected chi connectivity index (χ1v) is 5.78. The van der Waals surface area contributed by atoms with Gasteiger partial charge in [0.2, 0.25) is 0 Å².